The lowest BCUT2D eigenvalue weighted by Gasteiger charge is -2.26. The summed E-state index contributed by atoms with van der Waals surface area (Å²) in [5.74, 6) is 0.0125. The molecule has 0 aliphatic carbocycles. The van der Waals surface area contributed by atoms with E-state index in [1.807, 2.05) is 0 Å². The van der Waals surface area contributed by atoms with Crippen molar-refractivity contribution in [1.82, 2.24) is 10.2 Å². The molecular formula is C13H10F3N3O3S. The van der Waals surface area contributed by atoms with Crippen LogP contribution in [0.5, 0.6) is 5.75 Å². The minimum absolute atomic E-state index is 0.0110. The summed E-state index contributed by atoms with van der Waals surface area (Å²) in [4.78, 5) is 12.0. The maximum atomic E-state index is 12.4. The maximum Gasteiger partial charge on any atom is 0.445 e. The number of halogens is 3. The monoisotopic (exact) mass is 345 g/mol. The van der Waals surface area contributed by atoms with Gasteiger partial charge in [-0.25, -0.2) is 0 Å². The van der Waals surface area contributed by atoms with Crippen LogP contribution >= 0.6 is 11.3 Å². The molecule has 23 heavy (non-hydrogen) atoms. The van der Waals surface area contributed by atoms with Crippen LogP contribution in [-0.2, 0) is 10.9 Å². The summed E-state index contributed by atoms with van der Waals surface area (Å²) < 4.78 is 47.8. The number of ether oxygens (including phenoxy) is 2. The highest BCUT2D eigenvalue weighted by Crippen LogP contribution is 2.33. The van der Waals surface area contributed by atoms with E-state index in [9.17, 15) is 18.0 Å². The fourth-order valence-electron chi connectivity index (χ4n) is 1.72. The summed E-state index contributed by atoms with van der Waals surface area (Å²) in [5, 5.41) is 7.25. The van der Waals surface area contributed by atoms with E-state index in [1.54, 1.807) is 12.1 Å². The Morgan fingerprint density at radius 1 is 1.26 bits per heavy atom. The molecule has 10 heteroatoms. The number of hydrogen-bond acceptors (Lipinski definition) is 6. The first-order chi connectivity index (χ1) is 10.9. The van der Waals surface area contributed by atoms with Gasteiger partial charge in [-0.1, -0.05) is 11.3 Å². The average molecular weight is 345 g/mol. The van der Waals surface area contributed by atoms with Gasteiger partial charge in [0, 0.05) is 5.56 Å². The molecule has 0 unspecified atom stereocenters. The van der Waals surface area contributed by atoms with Gasteiger partial charge in [0.15, 0.2) is 0 Å². The van der Waals surface area contributed by atoms with Gasteiger partial charge in [-0.05, 0) is 24.3 Å². The molecule has 0 radical (unpaired) electrons. The molecule has 0 atom stereocenters. The van der Waals surface area contributed by atoms with Crippen LogP contribution in [0.25, 0.3) is 0 Å². The Labute approximate surface area is 132 Å². The molecule has 0 saturated carbocycles. The fourth-order valence-corrected chi connectivity index (χ4v) is 2.32. The van der Waals surface area contributed by atoms with E-state index in [0.717, 1.165) is 0 Å². The van der Waals surface area contributed by atoms with Crippen molar-refractivity contribution < 1.29 is 27.4 Å². The van der Waals surface area contributed by atoms with E-state index in [1.165, 1.54) is 12.1 Å². The summed E-state index contributed by atoms with van der Waals surface area (Å²) >= 11 is 0.267. The van der Waals surface area contributed by atoms with Gasteiger partial charge in [0.05, 0.1) is 13.2 Å². The predicted octanol–water partition coefficient (Wildman–Crippen LogP) is 2.59. The van der Waals surface area contributed by atoms with Crippen LogP contribution in [0.3, 0.4) is 0 Å². The van der Waals surface area contributed by atoms with Gasteiger partial charge < -0.3 is 9.47 Å². The highest BCUT2D eigenvalue weighted by atomic mass is 32.1. The Bertz CT molecular complexity index is 698. The van der Waals surface area contributed by atoms with Crippen LogP contribution in [0.1, 0.15) is 15.4 Å². The van der Waals surface area contributed by atoms with E-state index in [4.69, 9.17) is 9.47 Å². The van der Waals surface area contributed by atoms with E-state index in [0.29, 0.717) is 19.0 Å². The van der Waals surface area contributed by atoms with Crippen molar-refractivity contribution in [3.05, 3.63) is 34.8 Å². The second kappa shape index (κ2) is 6.13. The molecule has 1 N–H and O–H groups in total. The van der Waals surface area contributed by atoms with Crippen LogP contribution in [0.2, 0.25) is 0 Å². The van der Waals surface area contributed by atoms with Crippen LogP contribution < -0.4 is 10.1 Å². The number of carbonyl (C=O) groups is 1. The topological polar surface area (TPSA) is 73.3 Å². The molecule has 1 saturated heterocycles. The molecule has 2 aromatic rings. The average Bonchev–Trinajstić information content (AvgIpc) is 2.92. The van der Waals surface area contributed by atoms with Crippen molar-refractivity contribution in [2.75, 3.05) is 18.5 Å². The summed E-state index contributed by atoms with van der Waals surface area (Å²) in [7, 11) is 0. The van der Waals surface area contributed by atoms with Gasteiger partial charge in [-0.2, -0.15) is 13.2 Å². The van der Waals surface area contributed by atoms with E-state index >= 15 is 0 Å². The summed E-state index contributed by atoms with van der Waals surface area (Å²) in [5.41, 5.74) is 0.269. The number of hydrogen-bond donors (Lipinski definition) is 1. The first-order valence-electron chi connectivity index (χ1n) is 6.48. The second-order valence-corrected chi connectivity index (χ2v) is 5.64. The standard InChI is InChI=1S/C13H10F3N3O3S/c14-13(15,16)11-18-19-12(23-11)17-10(20)7-1-3-8(4-2-7)22-9-5-21-6-9/h1-4,9H,5-6H2,(H,17,19,20). The fraction of sp³-hybridized carbons (Fsp3) is 0.308. The van der Waals surface area contributed by atoms with Crippen LogP contribution in [-0.4, -0.2) is 35.4 Å². The molecule has 1 fully saturated rings. The molecule has 1 amide bonds. The van der Waals surface area contributed by atoms with E-state index < -0.39 is 17.1 Å². The van der Waals surface area contributed by atoms with Crippen molar-refractivity contribution in [2.24, 2.45) is 0 Å². The summed E-state index contributed by atoms with van der Waals surface area (Å²) in [6.45, 7) is 1.06. The summed E-state index contributed by atoms with van der Waals surface area (Å²) in [6, 6.07) is 6.23. The van der Waals surface area contributed by atoms with Gasteiger partial charge in [0.25, 0.3) is 5.91 Å². The zero-order chi connectivity index (χ0) is 16.4. The lowest BCUT2D eigenvalue weighted by atomic mass is 10.2. The first-order valence-corrected chi connectivity index (χ1v) is 7.30. The van der Waals surface area contributed by atoms with E-state index in [-0.39, 0.29) is 28.1 Å². The third kappa shape index (κ3) is 3.77. The highest BCUT2D eigenvalue weighted by Gasteiger charge is 2.35. The molecule has 1 aliphatic rings. The van der Waals surface area contributed by atoms with Crippen LogP contribution in [0.15, 0.2) is 24.3 Å². The molecule has 0 spiro atoms. The number of nitrogens with one attached hydrogen (secondary N) is 1. The third-order valence-corrected chi connectivity index (χ3v) is 3.80. The zero-order valence-electron chi connectivity index (χ0n) is 11.5. The SMILES string of the molecule is O=C(Nc1nnc(C(F)(F)F)s1)c1ccc(OC2COC2)cc1. The number of benzene rings is 1. The number of rotatable bonds is 4. The molecule has 6 nitrogen and oxygen atoms in total. The van der Waals surface area contributed by atoms with Gasteiger partial charge in [-0.15, -0.1) is 10.2 Å². The molecule has 2 heterocycles. The lowest BCUT2D eigenvalue weighted by Crippen LogP contribution is -2.38. The number of aromatic nitrogens is 2. The molecule has 0 bridgehead atoms. The Balaban J connectivity index is 1.62. The number of amides is 1. The Kier molecular flexibility index (Phi) is 4.18. The Hall–Kier alpha value is -2.20. The van der Waals surface area contributed by atoms with Crippen LogP contribution in [0.4, 0.5) is 18.3 Å². The Morgan fingerprint density at radius 3 is 2.48 bits per heavy atom. The van der Waals surface area contributed by atoms with Gasteiger partial charge in [-0.3, -0.25) is 10.1 Å². The minimum atomic E-state index is -4.58. The Morgan fingerprint density at radius 2 is 1.96 bits per heavy atom. The molecule has 1 aromatic heterocycles. The van der Waals surface area contributed by atoms with Crippen molar-refractivity contribution >= 4 is 22.4 Å². The highest BCUT2D eigenvalue weighted by molar-refractivity contribution is 7.15. The van der Waals surface area contributed by atoms with Crippen LogP contribution in [0, 0.1) is 0 Å². The lowest BCUT2D eigenvalue weighted by molar-refractivity contribution is -0.138. The van der Waals surface area contributed by atoms with E-state index in [2.05, 4.69) is 15.5 Å². The number of alkyl halides is 3. The molecular weight excluding hydrogens is 335 g/mol. The first kappa shape index (κ1) is 15.7. The van der Waals surface area contributed by atoms with Crippen molar-refractivity contribution in [2.45, 2.75) is 12.3 Å². The quantitative estimate of drug-likeness (QED) is 0.922. The molecule has 122 valence electrons. The van der Waals surface area contributed by atoms with Gasteiger partial charge in [0.1, 0.15) is 11.9 Å². The normalized spacial score (nSPS) is 15.1. The van der Waals surface area contributed by atoms with Crippen molar-refractivity contribution in [3.8, 4) is 5.75 Å². The van der Waals surface area contributed by atoms with Crippen molar-refractivity contribution in [1.29, 1.82) is 0 Å². The van der Waals surface area contributed by atoms with Gasteiger partial charge >= 0.3 is 6.18 Å². The molecule has 1 aromatic carbocycles. The minimum Gasteiger partial charge on any atom is -0.486 e. The summed E-state index contributed by atoms with van der Waals surface area (Å²) in [6.07, 6.45) is -4.57. The van der Waals surface area contributed by atoms with Gasteiger partial charge in [0.2, 0.25) is 10.1 Å². The number of anilines is 1. The smallest absolute Gasteiger partial charge is 0.445 e. The second-order valence-electron chi connectivity index (χ2n) is 4.67. The molecule has 3 rings (SSSR count). The number of carbonyl (C=O) groups excluding carboxylic acids is 1. The number of nitrogens with zero attached hydrogens (tertiary/aromatic N) is 2. The van der Waals surface area contributed by atoms with Crippen molar-refractivity contribution in [3.63, 3.8) is 0 Å². The zero-order valence-corrected chi connectivity index (χ0v) is 12.3. The predicted molar refractivity (Wildman–Crippen MR) is 74.5 cm³/mol. The molecule has 1 aliphatic heterocycles. The third-order valence-electron chi connectivity index (χ3n) is 2.91. The largest absolute Gasteiger partial charge is 0.486 e. The maximum absolute atomic E-state index is 12.4.